The number of nitrogens with one attached hydrogen (secondary N) is 1. The first-order chi connectivity index (χ1) is 10.2. The van der Waals surface area contributed by atoms with Crippen LogP contribution in [0.25, 0.3) is 0 Å². The molecular formula is C12H13N3O6S. The van der Waals surface area contributed by atoms with E-state index in [1.807, 2.05) is 0 Å². The molecule has 0 bridgehead atoms. The van der Waals surface area contributed by atoms with Crippen molar-refractivity contribution in [2.45, 2.75) is 23.8 Å². The zero-order chi connectivity index (χ0) is 16.5. The Morgan fingerprint density at radius 2 is 1.86 bits per heavy atom. The van der Waals surface area contributed by atoms with E-state index in [0.29, 0.717) is 0 Å². The molecule has 1 saturated heterocycles. The first-order valence-electron chi connectivity index (χ1n) is 6.29. The highest BCUT2D eigenvalue weighted by Crippen LogP contribution is 2.22. The fraction of sp³-hybridized carbons (Fsp3) is 0.333. The van der Waals surface area contributed by atoms with Crippen LogP contribution >= 0.6 is 0 Å². The van der Waals surface area contributed by atoms with Crippen LogP contribution in [-0.2, 0) is 19.6 Å². The molecule has 1 aliphatic heterocycles. The molecule has 10 heteroatoms. The van der Waals surface area contributed by atoms with Gasteiger partial charge in [0.25, 0.3) is 5.69 Å². The molecular weight excluding hydrogens is 314 g/mol. The summed E-state index contributed by atoms with van der Waals surface area (Å²) in [6.07, 6.45) is 0.143. The maximum atomic E-state index is 12.4. The third-order valence-corrected chi connectivity index (χ3v) is 5.25. The van der Waals surface area contributed by atoms with Crippen LogP contribution in [-0.4, -0.2) is 42.6 Å². The SMILES string of the molecule is CN(C1CCC(=O)NC1=O)S(=O)(=O)c1ccc([N+](=O)[O-])cc1. The average molecular weight is 327 g/mol. The van der Waals surface area contributed by atoms with Crippen molar-refractivity contribution >= 4 is 27.5 Å². The predicted molar refractivity (Wildman–Crippen MR) is 74.2 cm³/mol. The lowest BCUT2D eigenvalue weighted by molar-refractivity contribution is -0.384. The largest absolute Gasteiger partial charge is 0.295 e. The van der Waals surface area contributed by atoms with Gasteiger partial charge in [0, 0.05) is 25.6 Å². The molecule has 22 heavy (non-hydrogen) atoms. The smallest absolute Gasteiger partial charge is 0.269 e. The van der Waals surface area contributed by atoms with Crippen molar-refractivity contribution in [1.29, 1.82) is 0 Å². The minimum atomic E-state index is -3.99. The number of nitrogens with zero attached hydrogens (tertiary/aromatic N) is 2. The number of carbonyl (C=O) groups excluding carboxylic acids is 2. The lowest BCUT2D eigenvalue weighted by Crippen LogP contribution is -2.52. The minimum Gasteiger partial charge on any atom is -0.295 e. The van der Waals surface area contributed by atoms with Crippen LogP contribution in [0, 0.1) is 10.1 Å². The summed E-state index contributed by atoms with van der Waals surface area (Å²) in [7, 11) is -2.76. The maximum absolute atomic E-state index is 12.4. The summed E-state index contributed by atoms with van der Waals surface area (Å²) in [5.74, 6) is -1.12. The van der Waals surface area contributed by atoms with E-state index in [0.717, 1.165) is 28.6 Å². The Morgan fingerprint density at radius 3 is 2.36 bits per heavy atom. The quantitative estimate of drug-likeness (QED) is 0.472. The van der Waals surface area contributed by atoms with Crippen molar-refractivity contribution in [3.63, 3.8) is 0 Å². The topological polar surface area (TPSA) is 127 Å². The molecule has 1 unspecified atom stereocenters. The van der Waals surface area contributed by atoms with Gasteiger partial charge in [0.15, 0.2) is 0 Å². The monoisotopic (exact) mass is 327 g/mol. The molecule has 2 rings (SSSR count). The number of imide groups is 1. The molecule has 1 aromatic rings. The minimum absolute atomic E-state index is 0.0521. The molecule has 1 fully saturated rings. The van der Waals surface area contributed by atoms with E-state index in [4.69, 9.17) is 0 Å². The highest BCUT2D eigenvalue weighted by molar-refractivity contribution is 7.89. The fourth-order valence-electron chi connectivity index (χ4n) is 2.10. The van der Waals surface area contributed by atoms with E-state index in [1.165, 1.54) is 7.05 Å². The van der Waals surface area contributed by atoms with Crippen LogP contribution in [0.2, 0.25) is 0 Å². The maximum Gasteiger partial charge on any atom is 0.269 e. The van der Waals surface area contributed by atoms with Gasteiger partial charge >= 0.3 is 0 Å². The summed E-state index contributed by atoms with van der Waals surface area (Å²) in [6, 6.07) is 3.38. The van der Waals surface area contributed by atoms with Gasteiger partial charge in [-0.15, -0.1) is 0 Å². The lowest BCUT2D eigenvalue weighted by atomic mass is 10.1. The normalized spacial score (nSPS) is 19.1. The zero-order valence-electron chi connectivity index (χ0n) is 11.6. The summed E-state index contributed by atoms with van der Waals surface area (Å²) < 4.78 is 25.7. The number of carbonyl (C=O) groups is 2. The molecule has 2 amide bonds. The van der Waals surface area contributed by atoms with Crippen LogP contribution in [0.4, 0.5) is 5.69 Å². The first-order valence-corrected chi connectivity index (χ1v) is 7.73. The Bertz CT molecular complexity index is 728. The number of rotatable bonds is 4. The molecule has 0 aromatic heterocycles. The van der Waals surface area contributed by atoms with Crippen molar-refractivity contribution in [3.05, 3.63) is 34.4 Å². The van der Waals surface area contributed by atoms with Crippen LogP contribution in [0.1, 0.15) is 12.8 Å². The van der Waals surface area contributed by atoms with Crippen LogP contribution in [0.15, 0.2) is 29.2 Å². The average Bonchev–Trinajstić information content (AvgIpc) is 2.46. The van der Waals surface area contributed by atoms with E-state index in [9.17, 15) is 28.1 Å². The third-order valence-electron chi connectivity index (χ3n) is 3.37. The number of piperidine rings is 1. The summed E-state index contributed by atoms with van der Waals surface area (Å²) in [4.78, 5) is 32.6. The molecule has 1 atom stereocenters. The van der Waals surface area contributed by atoms with Gasteiger partial charge < -0.3 is 0 Å². The Kier molecular flexibility index (Phi) is 4.24. The third kappa shape index (κ3) is 2.97. The van der Waals surface area contributed by atoms with Crippen LogP contribution < -0.4 is 5.32 Å². The van der Waals surface area contributed by atoms with Gasteiger partial charge in [0.2, 0.25) is 21.8 Å². The van der Waals surface area contributed by atoms with Crippen molar-refractivity contribution in [2.24, 2.45) is 0 Å². The second-order valence-corrected chi connectivity index (χ2v) is 6.74. The Labute approximate surface area is 126 Å². The van der Waals surface area contributed by atoms with Crippen LogP contribution in [0.5, 0.6) is 0 Å². The standard InChI is InChI=1S/C12H13N3O6S/c1-14(10-6-7-11(16)13-12(10)17)22(20,21)9-4-2-8(3-5-9)15(18)19/h2-5,10H,6-7H2,1H3,(H,13,16,17). The van der Waals surface area contributed by atoms with Gasteiger partial charge in [-0.1, -0.05) is 0 Å². The Morgan fingerprint density at radius 1 is 1.27 bits per heavy atom. The highest BCUT2D eigenvalue weighted by Gasteiger charge is 2.36. The van der Waals surface area contributed by atoms with E-state index in [2.05, 4.69) is 5.32 Å². The van der Waals surface area contributed by atoms with Gasteiger partial charge in [-0.05, 0) is 18.6 Å². The molecule has 9 nitrogen and oxygen atoms in total. The molecule has 1 aliphatic rings. The number of sulfonamides is 1. The van der Waals surface area contributed by atoms with Crippen LogP contribution in [0.3, 0.4) is 0 Å². The van der Waals surface area contributed by atoms with Gasteiger partial charge in [0.1, 0.15) is 6.04 Å². The van der Waals surface area contributed by atoms with Gasteiger partial charge in [-0.3, -0.25) is 25.0 Å². The molecule has 0 radical (unpaired) electrons. The van der Waals surface area contributed by atoms with Gasteiger partial charge in [-0.25, -0.2) is 8.42 Å². The van der Waals surface area contributed by atoms with Crippen molar-refractivity contribution in [3.8, 4) is 0 Å². The second kappa shape index (κ2) is 5.81. The summed E-state index contributed by atoms with van der Waals surface area (Å²) >= 11 is 0. The van der Waals surface area contributed by atoms with Gasteiger partial charge in [-0.2, -0.15) is 4.31 Å². The molecule has 1 N–H and O–H groups in total. The first kappa shape index (κ1) is 16.0. The summed E-state index contributed by atoms with van der Waals surface area (Å²) in [5, 5.41) is 12.7. The number of non-ortho nitro benzene ring substituents is 1. The Balaban J connectivity index is 2.27. The number of benzene rings is 1. The summed E-state index contributed by atoms with van der Waals surface area (Å²) in [6.45, 7) is 0. The van der Waals surface area contributed by atoms with E-state index in [-0.39, 0.29) is 23.4 Å². The number of hydrogen-bond donors (Lipinski definition) is 1. The number of amides is 2. The van der Waals surface area contributed by atoms with Crippen molar-refractivity contribution in [1.82, 2.24) is 9.62 Å². The molecule has 1 aromatic carbocycles. The van der Waals surface area contributed by atoms with E-state index < -0.39 is 32.8 Å². The number of hydrogen-bond acceptors (Lipinski definition) is 6. The number of nitro groups is 1. The van der Waals surface area contributed by atoms with Crippen molar-refractivity contribution in [2.75, 3.05) is 7.05 Å². The second-order valence-electron chi connectivity index (χ2n) is 4.74. The highest BCUT2D eigenvalue weighted by atomic mass is 32.2. The van der Waals surface area contributed by atoms with E-state index >= 15 is 0 Å². The Hall–Kier alpha value is -2.33. The number of likely N-dealkylation sites (N-methyl/N-ethyl adjacent to an activating group) is 1. The van der Waals surface area contributed by atoms with E-state index in [1.54, 1.807) is 0 Å². The number of nitro benzene ring substituents is 1. The molecule has 1 heterocycles. The zero-order valence-corrected chi connectivity index (χ0v) is 12.4. The molecule has 0 aliphatic carbocycles. The molecule has 0 spiro atoms. The summed E-state index contributed by atoms with van der Waals surface area (Å²) in [5.41, 5.74) is -0.234. The fourth-order valence-corrected chi connectivity index (χ4v) is 3.45. The molecule has 118 valence electrons. The lowest BCUT2D eigenvalue weighted by Gasteiger charge is -2.28. The predicted octanol–water partition coefficient (Wildman–Crippen LogP) is 0.0205. The molecule has 0 saturated carbocycles. The van der Waals surface area contributed by atoms with Gasteiger partial charge in [0.05, 0.1) is 9.82 Å². The van der Waals surface area contributed by atoms with Crippen molar-refractivity contribution < 1.29 is 22.9 Å².